The lowest BCUT2D eigenvalue weighted by atomic mass is 10.0. The first kappa shape index (κ1) is 23.3. The molecule has 1 aromatic carbocycles. The molecule has 0 aliphatic carbocycles. The Morgan fingerprint density at radius 1 is 1.19 bits per heavy atom. The van der Waals surface area contributed by atoms with Crippen LogP contribution in [0.1, 0.15) is 64.6 Å². The minimum absolute atomic E-state index is 0.109. The van der Waals surface area contributed by atoms with E-state index >= 15 is 0 Å². The molecule has 0 radical (unpaired) electrons. The van der Waals surface area contributed by atoms with Crippen LogP contribution in [0.4, 0.5) is 0 Å². The molecule has 0 spiro atoms. The third-order valence-electron chi connectivity index (χ3n) is 6.28. The van der Waals surface area contributed by atoms with Crippen LogP contribution in [0.3, 0.4) is 0 Å². The van der Waals surface area contributed by atoms with Crippen molar-refractivity contribution in [1.82, 2.24) is 40.5 Å². The fourth-order valence-electron chi connectivity index (χ4n) is 4.35. The molecule has 4 heterocycles. The molecule has 3 aromatic rings. The molecule has 36 heavy (non-hydrogen) atoms. The Balaban J connectivity index is 1.32. The van der Waals surface area contributed by atoms with E-state index < -0.39 is 23.4 Å². The van der Waals surface area contributed by atoms with E-state index in [4.69, 9.17) is 0 Å². The molecular formula is C24H24N8O4. The van der Waals surface area contributed by atoms with E-state index in [0.29, 0.717) is 23.5 Å². The summed E-state index contributed by atoms with van der Waals surface area (Å²) in [6, 6.07) is 6.24. The summed E-state index contributed by atoms with van der Waals surface area (Å²) in [6.45, 7) is 5.69. The number of amides is 4. The summed E-state index contributed by atoms with van der Waals surface area (Å²) in [4.78, 5) is 59.6. The topological polar surface area (TPSA) is 152 Å². The number of rotatable bonds is 5. The molecule has 4 amide bonds. The summed E-state index contributed by atoms with van der Waals surface area (Å²) in [6.07, 6.45) is 3.63. The van der Waals surface area contributed by atoms with E-state index in [1.807, 2.05) is 6.92 Å². The Hall–Kier alpha value is -4.48. The summed E-state index contributed by atoms with van der Waals surface area (Å²) in [5.74, 6) is -1.00. The number of aromatic nitrogens is 5. The van der Waals surface area contributed by atoms with Gasteiger partial charge in [-0.3, -0.25) is 24.5 Å². The SMILES string of the molecule is Cc1ccnc(C(C)(C)NC(=O)c2cn(-c3ccc4c(c3)CN(C3CCC(=O)NC3=O)C4=O)nn2)n1. The second-order valence-electron chi connectivity index (χ2n) is 9.39. The van der Waals surface area contributed by atoms with Gasteiger partial charge in [0.25, 0.3) is 11.8 Å². The molecule has 1 fully saturated rings. The van der Waals surface area contributed by atoms with Crippen molar-refractivity contribution in [3.05, 3.63) is 65.0 Å². The van der Waals surface area contributed by atoms with Crippen LogP contribution in [0, 0.1) is 6.92 Å². The first-order valence-electron chi connectivity index (χ1n) is 11.5. The van der Waals surface area contributed by atoms with Gasteiger partial charge in [0, 0.05) is 30.4 Å². The van der Waals surface area contributed by atoms with Gasteiger partial charge in [0.2, 0.25) is 11.8 Å². The van der Waals surface area contributed by atoms with Gasteiger partial charge in [-0.15, -0.1) is 5.10 Å². The highest BCUT2D eigenvalue weighted by molar-refractivity contribution is 6.05. The maximum absolute atomic E-state index is 12.9. The van der Waals surface area contributed by atoms with E-state index in [1.165, 1.54) is 15.8 Å². The highest BCUT2D eigenvalue weighted by Gasteiger charge is 2.39. The molecule has 0 saturated carbocycles. The number of hydrogen-bond donors (Lipinski definition) is 2. The monoisotopic (exact) mass is 488 g/mol. The number of carbonyl (C=O) groups excluding carboxylic acids is 4. The van der Waals surface area contributed by atoms with Gasteiger partial charge in [-0.25, -0.2) is 14.6 Å². The average Bonchev–Trinajstić information content (AvgIpc) is 3.44. The van der Waals surface area contributed by atoms with Crippen molar-refractivity contribution in [2.24, 2.45) is 0 Å². The van der Waals surface area contributed by atoms with Crippen LogP contribution in [-0.2, 0) is 21.7 Å². The lowest BCUT2D eigenvalue weighted by molar-refractivity contribution is -0.136. The molecule has 1 unspecified atom stereocenters. The van der Waals surface area contributed by atoms with E-state index in [0.717, 1.165) is 11.3 Å². The van der Waals surface area contributed by atoms with E-state index in [2.05, 4.69) is 30.9 Å². The first-order valence-corrected chi connectivity index (χ1v) is 11.5. The summed E-state index contributed by atoms with van der Waals surface area (Å²) in [5.41, 5.74) is 1.89. The van der Waals surface area contributed by atoms with Gasteiger partial charge >= 0.3 is 0 Å². The molecule has 5 rings (SSSR count). The number of imide groups is 1. The lowest BCUT2D eigenvalue weighted by Crippen LogP contribution is -2.52. The molecule has 0 bridgehead atoms. The third-order valence-corrected chi connectivity index (χ3v) is 6.28. The van der Waals surface area contributed by atoms with Crippen LogP contribution in [0.5, 0.6) is 0 Å². The van der Waals surface area contributed by atoms with Crippen LogP contribution in [0.2, 0.25) is 0 Å². The summed E-state index contributed by atoms with van der Waals surface area (Å²) in [5, 5.41) is 13.3. The van der Waals surface area contributed by atoms with Crippen molar-refractivity contribution in [3.63, 3.8) is 0 Å². The van der Waals surface area contributed by atoms with Crippen molar-refractivity contribution in [1.29, 1.82) is 0 Å². The van der Waals surface area contributed by atoms with Crippen LogP contribution >= 0.6 is 0 Å². The zero-order valence-electron chi connectivity index (χ0n) is 20.0. The van der Waals surface area contributed by atoms with Gasteiger partial charge in [-0.1, -0.05) is 5.21 Å². The smallest absolute Gasteiger partial charge is 0.274 e. The van der Waals surface area contributed by atoms with Crippen LogP contribution in [0.25, 0.3) is 5.69 Å². The van der Waals surface area contributed by atoms with E-state index in [9.17, 15) is 19.2 Å². The van der Waals surface area contributed by atoms with Crippen LogP contribution < -0.4 is 10.6 Å². The Labute approximate surface area is 206 Å². The molecule has 2 aliphatic heterocycles. The zero-order valence-corrected chi connectivity index (χ0v) is 20.0. The van der Waals surface area contributed by atoms with Gasteiger partial charge in [0.15, 0.2) is 11.5 Å². The normalized spacial score (nSPS) is 17.7. The summed E-state index contributed by atoms with van der Waals surface area (Å²) >= 11 is 0. The van der Waals surface area contributed by atoms with Gasteiger partial charge < -0.3 is 10.2 Å². The van der Waals surface area contributed by atoms with Crippen molar-refractivity contribution >= 4 is 23.6 Å². The number of piperidine rings is 1. The lowest BCUT2D eigenvalue weighted by Gasteiger charge is -2.29. The highest BCUT2D eigenvalue weighted by Crippen LogP contribution is 2.29. The number of fused-ring (bicyclic) bond motifs is 1. The fraction of sp³-hybridized carbons (Fsp3) is 0.333. The van der Waals surface area contributed by atoms with Crippen molar-refractivity contribution < 1.29 is 19.2 Å². The Morgan fingerprint density at radius 3 is 2.75 bits per heavy atom. The Morgan fingerprint density at radius 2 is 2.00 bits per heavy atom. The zero-order chi connectivity index (χ0) is 25.6. The third kappa shape index (κ3) is 4.21. The summed E-state index contributed by atoms with van der Waals surface area (Å²) in [7, 11) is 0. The molecule has 1 saturated heterocycles. The van der Waals surface area contributed by atoms with E-state index in [-0.39, 0.29) is 30.5 Å². The largest absolute Gasteiger partial charge is 0.338 e. The predicted molar refractivity (Wildman–Crippen MR) is 125 cm³/mol. The maximum Gasteiger partial charge on any atom is 0.274 e. The molecule has 2 aromatic heterocycles. The van der Waals surface area contributed by atoms with Gasteiger partial charge in [-0.05, 0) is 57.0 Å². The van der Waals surface area contributed by atoms with Crippen LogP contribution in [0.15, 0.2) is 36.7 Å². The van der Waals surface area contributed by atoms with E-state index in [1.54, 1.807) is 44.3 Å². The van der Waals surface area contributed by atoms with Crippen molar-refractivity contribution in [2.45, 2.75) is 51.7 Å². The van der Waals surface area contributed by atoms with Gasteiger partial charge in [0.1, 0.15) is 6.04 Å². The predicted octanol–water partition coefficient (Wildman–Crippen LogP) is 0.792. The number of hydrogen-bond acceptors (Lipinski definition) is 8. The molecule has 2 N–H and O–H groups in total. The Kier molecular flexibility index (Phi) is 5.58. The maximum atomic E-state index is 12.9. The minimum Gasteiger partial charge on any atom is -0.338 e. The number of aryl methyl sites for hydroxylation is 1. The molecule has 184 valence electrons. The number of benzene rings is 1. The quantitative estimate of drug-likeness (QED) is 0.500. The average molecular weight is 489 g/mol. The molecule has 12 nitrogen and oxygen atoms in total. The second-order valence-corrected chi connectivity index (χ2v) is 9.39. The highest BCUT2D eigenvalue weighted by atomic mass is 16.2. The number of nitrogens with zero attached hydrogens (tertiary/aromatic N) is 6. The van der Waals surface area contributed by atoms with Crippen molar-refractivity contribution in [3.8, 4) is 5.69 Å². The standard InChI is InChI=1S/C24H24N8O4/c1-13-8-9-25-23(26-13)24(2,3)28-20(34)17-12-32(30-29-17)15-4-5-16-14(10-15)11-31(22(16)36)18-6-7-19(33)27-21(18)35/h4-5,8-10,12,18H,6-7,11H2,1-3H3,(H,28,34)(H,27,33,35). The van der Waals surface area contributed by atoms with Gasteiger partial charge in [0.05, 0.1) is 17.4 Å². The van der Waals surface area contributed by atoms with Crippen LogP contribution in [-0.4, -0.2) is 59.5 Å². The minimum atomic E-state index is -0.833. The Bertz CT molecular complexity index is 1410. The van der Waals surface area contributed by atoms with Gasteiger partial charge in [-0.2, -0.15) is 0 Å². The second kappa shape index (κ2) is 8.63. The molecular weight excluding hydrogens is 464 g/mol. The number of nitrogens with one attached hydrogen (secondary N) is 2. The number of carbonyl (C=O) groups is 4. The first-order chi connectivity index (χ1) is 17.1. The summed E-state index contributed by atoms with van der Waals surface area (Å²) < 4.78 is 1.45. The molecule has 12 heteroatoms. The van der Waals surface area contributed by atoms with Crippen molar-refractivity contribution in [2.75, 3.05) is 0 Å². The molecule has 2 aliphatic rings. The fourth-order valence-corrected chi connectivity index (χ4v) is 4.35. The molecule has 1 atom stereocenters.